The zero-order valence-corrected chi connectivity index (χ0v) is 20.0. The van der Waals surface area contributed by atoms with Gasteiger partial charge in [0.1, 0.15) is 11.4 Å². The Morgan fingerprint density at radius 2 is 1.59 bits per heavy atom. The molecule has 8 heteroatoms. The van der Waals surface area contributed by atoms with Crippen LogP contribution in [0.1, 0.15) is 5.56 Å². The lowest BCUT2D eigenvalue weighted by Crippen LogP contribution is -2.32. The van der Waals surface area contributed by atoms with Crippen LogP contribution in [0.4, 0.5) is 5.69 Å². The number of hydrazone groups is 1. The summed E-state index contributed by atoms with van der Waals surface area (Å²) in [6, 6.07) is 30.2. The molecule has 0 saturated carbocycles. The predicted octanol–water partition coefficient (Wildman–Crippen LogP) is 4.79. The van der Waals surface area contributed by atoms with E-state index in [1.165, 1.54) is 6.21 Å². The van der Waals surface area contributed by atoms with Crippen LogP contribution in [-0.4, -0.2) is 34.9 Å². The molecule has 0 radical (unpaired) electrons. The quantitative estimate of drug-likeness (QED) is 0.204. The number of fused-ring (bicyclic) bond motifs is 1. The van der Waals surface area contributed by atoms with E-state index < -0.39 is 11.8 Å². The van der Waals surface area contributed by atoms with Crippen molar-refractivity contribution < 1.29 is 14.3 Å². The fourth-order valence-electron chi connectivity index (χ4n) is 3.89. The van der Waals surface area contributed by atoms with E-state index in [4.69, 9.17) is 9.84 Å². The second-order valence-electron chi connectivity index (χ2n) is 8.12. The minimum atomic E-state index is -0.884. The highest BCUT2D eigenvalue weighted by Gasteiger charge is 2.15. The number of rotatable bonds is 6. The topological polar surface area (TPSA) is 97.6 Å². The highest BCUT2D eigenvalue weighted by molar-refractivity contribution is 6.40. The molecule has 1 heterocycles. The zero-order valence-electron chi connectivity index (χ0n) is 20.0. The maximum atomic E-state index is 12.5. The molecule has 0 spiro atoms. The van der Waals surface area contributed by atoms with Crippen LogP contribution >= 0.6 is 0 Å². The van der Waals surface area contributed by atoms with E-state index in [1.54, 1.807) is 24.1 Å². The van der Waals surface area contributed by atoms with Crippen LogP contribution in [0.5, 0.6) is 5.75 Å². The van der Waals surface area contributed by atoms with Crippen molar-refractivity contribution in [3.8, 4) is 22.7 Å². The van der Waals surface area contributed by atoms with Crippen molar-refractivity contribution in [1.82, 2.24) is 15.2 Å². The molecule has 0 aliphatic heterocycles. The van der Waals surface area contributed by atoms with E-state index in [1.807, 2.05) is 91.0 Å². The number of carbonyl (C=O) groups excluding carboxylic acids is 2. The summed E-state index contributed by atoms with van der Waals surface area (Å²) in [5.74, 6) is -0.972. The predicted molar refractivity (Wildman–Crippen MR) is 144 cm³/mol. The number of hydrogen-bond donors (Lipinski definition) is 2. The molecule has 0 bridgehead atoms. The van der Waals surface area contributed by atoms with Gasteiger partial charge >= 0.3 is 11.8 Å². The molecule has 0 aliphatic carbocycles. The smallest absolute Gasteiger partial charge is 0.329 e. The van der Waals surface area contributed by atoms with Gasteiger partial charge in [0, 0.05) is 28.4 Å². The van der Waals surface area contributed by atoms with Crippen LogP contribution in [0.2, 0.25) is 0 Å². The summed E-state index contributed by atoms with van der Waals surface area (Å²) < 4.78 is 6.98. The molecule has 182 valence electrons. The minimum absolute atomic E-state index is 0.549. The summed E-state index contributed by atoms with van der Waals surface area (Å²) in [5.41, 5.74) is 5.88. The van der Waals surface area contributed by atoms with Crippen LogP contribution in [0.3, 0.4) is 0 Å². The Morgan fingerprint density at radius 1 is 0.865 bits per heavy atom. The van der Waals surface area contributed by atoms with Crippen LogP contribution in [0.25, 0.3) is 27.7 Å². The first kappa shape index (κ1) is 23.5. The number of amides is 2. The van der Waals surface area contributed by atoms with E-state index in [2.05, 4.69) is 15.8 Å². The number of benzene rings is 4. The molecular weight excluding hydrogens is 466 g/mol. The average molecular weight is 490 g/mol. The van der Waals surface area contributed by atoms with E-state index >= 15 is 0 Å². The van der Waals surface area contributed by atoms with Crippen molar-refractivity contribution in [2.75, 3.05) is 12.4 Å². The summed E-state index contributed by atoms with van der Waals surface area (Å²) in [6.07, 6.45) is 3.27. The Labute approximate surface area is 213 Å². The van der Waals surface area contributed by atoms with Crippen molar-refractivity contribution >= 4 is 34.5 Å². The standard InChI is InChI=1S/C29H23N5O3/c1-37-24-16-14-21(15-17-24)27-22(19-34(33-27)23-10-3-2-4-11-23)18-30-32-29(36)28(35)31-26-13-7-9-20-8-5-6-12-25(20)26/h2-19H,1H3,(H,31,35)(H,32,36)/b30-18+. The maximum absolute atomic E-state index is 12.5. The van der Waals surface area contributed by atoms with Gasteiger partial charge in [-0.3, -0.25) is 9.59 Å². The van der Waals surface area contributed by atoms with Gasteiger partial charge in [0.15, 0.2) is 0 Å². The number of para-hydroxylation sites is 1. The average Bonchev–Trinajstić information content (AvgIpc) is 3.38. The highest BCUT2D eigenvalue weighted by atomic mass is 16.5. The first-order valence-corrected chi connectivity index (χ1v) is 11.5. The van der Waals surface area contributed by atoms with Gasteiger partial charge in [0.25, 0.3) is 0 Å². The molecular formula is C29H23N5O3. The number of methoxy groups -OCH3 is 1. The molecule has 2 amide bonds. The lowest BCUT2D eigenvalue weighted by atomic mass is 10.1. The van der Waals surface area contributed by atoms with Crippen molar-refractivity contribution in [1.29, 1.82) is 0 Å². The van der Waals surface area contributed by atoms with Crippen molar-refractivity contribution in [3.63, 3.8) is 0 Å². The van der Waals surface area contributed by atoms with Gasteiger partial charge in [-0.1, -0.05) is 54.6 Å². The maximum Gasteiger partial charge on any atom is 0.329 e. The van der Waals surface area contributed by atoms with Gasteiger partial charge in [-0.15, -0.1) is 0 Å². The van der Waals surface area contributed by atoms with Crippen molar-refractivity contribution in [2.24, 2.45) is 5.10 Å². The van der Waals surface area contributed by atoms with Gasteiger partial charge in [-0.25, -0.2) is 10.1 Å². The van der Waals surface area contributed by atoms with Crippen LogP contribution in [0, 0.1) is 0 Å². The van der Waals surface area contributed by atoms with Gasteiger partial charge in [0.2, 0.25) is 0 Å². The fraction of sp³-hybridized carbons (Fsp3) is 0.0345. The third kappa shape index (κ3) is 5.23. The number of anilines is 1. The van der Waals surface area contributed by atoms with E-state index in [0.29, 0.717) is 16.9 Å². The van der Waals surface area contributed by atoms with Gasteiger partial charge in [-0.2, -0.15) is 10.2 Å². The highest BCUT2D eigenvalue weighted by Crippen LogP contribution is 2.25. The second kappa shape index (κ2) is 10.6. The molecule has 5 aromatic rings. The summed E-state index contributed by atoms with van der Waals surface area (Å²) in [5, 5.41) is 13.2. The minimum Gasteiger partial charge on any atom is -0.497 e. The summed E-state index contributed by atoms with van der Waals surface area (Å²) in [7, 11) is 1.61. The normalized spacial score (nSPS) is 10.9. The van der Waals surface area contributed by atoms with Crippen LogP contribution in [0.15, 0.2) is 108 Å². The first-order valence-electron chi connectivity index (χ1n) is 11.5. The van der Waals surface area contributed by atoms with Gasteiger partial charge in [-0.05, 0) is 47.9 Å². The van der Waals surface area contributed by atoms with Crippen LogP contribution in [-0.2, 0) is 9.59 Å². The van der Waals surface area contributed by atoms with Gasteiger partial charge < -0.3 is 10.1 Å². The lowest BCUT2D eigenvalue weighted by Gasteiger charge is -2.07. The molecule has 0 unspecified atom stereocenters. The largest absolute Gasteiger partial charge is 0.497 e. The number of hydrogen-bond acceptors (Lipinski definition) is 5. The number of nitrogens with zero attached hydrogens (tertiary/aromatic N) is 3. The van der Waals surface area contributed by atoms with E-state index in [9.17, 15) is 9.59 Å². The molecule has 8 nitrogen and oxygen atoms in total. The van der Waals surface area contributed by atoms with Gasteiger partial charge in [0.05, 0.1) is 19.0 Å². The Morgan fingerprint density at radius 3 is 2.38 bits per heavy atom. The summed E-state index contributed by atoms with van der Waals surface area (Å²) in [4.78, 5) is 25.0. The molecule has 0 fully saturated rings. The molecule has 37 heavy (non-hydrogen) atoms. The summed E-state index contributed by atoms with van der Waals surface area (Å²) in [6.45, 7) is 0. The monoisotopic (exact) mass is 489 g/mol. The molecule has 4 aromatic carbocycles. The Balaban J connectivity index is 1.35. The zero-order chi connectivity index (χ0) is 25.6. The van der Waals surface area contributed by atoms with Crippen LogP contribution < -0.4 is 15.5 Å². The second-order valence-corrected chi connectivity index (χ2v) is 8.12. The molecule has 0 saturated heterocycles. The number of nitrogens with one attached hydrogen (secondary N) is 2. The fourth-order valence-corrected chi connectivity index (χ4v) is 3.89. The Hall–Kier alpha value is -5.24. The third-order valence-corrected chi connectivity index (χ3v) is 5.74. The summed E-state index contributed by atoms with van der Waals surface area (Å²) >= 11 is 0. The third-order valence-electron chi connectivity index (χ3n) is 5.74. The molecule has 5 rings (SSSR count). The van der Waals surface area contributed by atoms with Crippen molar-refractivity contribution in [3.05, 3.63) is 109 Å². The number of ether oxygens (including phenoxy) is 1. The van der Waals surface area contributed by atoms with Crippen molar-refractivity contribution in [2.45, 2.75) is 0 Å². The Bertz CT molecular complexity index is 1590. The number of aromatic nitrogens is 2. The number of carbonyl (C=O) groups is 2. The molecule has 1 aromatic heterocycles. The molecule has 2 N–H and O–H groups in total. The SMILES string of the molecule is COc1ccc(-c2nn(-c3ccccc3)cc2/C=N/NC(=O)C(=O)Nc2cccc3ccccc23)cc1. The lowest BCUT2D eigenvalue weighted by molar-refractivity contribution is -0.136. The first-order chi connectivity index (χ1) is 18.1. The molecule has 0 aliphatic rings. The van der Waals surface area contributed by atoms with E-state index in [0.717, 1.165) is 27.8 Å². The van der Waals surface area contributed by atoms with E-state index in [-0.39, 0.29) is 0 Å². The molecule has 0 atom stereocenters. The Kier molecular flexibility index (Phi) is 6.72.